The summed E-state index contributed by atoms with van der Waals surface area (Å²) in [5, 5.41) is 6.35. The van der Waals surface area contributed by atoms with Crippen molar-refractivity contribution in [2.24, 2.45) is 13.0 Å². The number of hydrogen-bond donors (Lipinski definition) is 0. The van der Waals surface area contributed by atoms with Crippen LogP contribution in [0.5, 0.6) is 0 Å². The fourth-order valence-corrected chi connectivity index (χ4v) is 3.14. The molecule has 2 aromatic rings. The zero-order valence-electron chi connectivity index (χ0n) is 11.9. The third-order valence-corrected chi connectivity index (χ3v) is 4.47. The number of ether oxygens (including phenoxy) is 2. The van der Waals surface area contributed by atoms with E-state index >= 15 is 0 Å². The molecular formula is C15H18N2O3S. The lowest BCUT2D eigenvalue weighted by atomic mass is 10.0. The van der Waals surface area contributed by atoms with Crippen molar-refractivity contribution in [1.29, 1.82) is 0 Å². The van der Waals surface area contributed by atoms with Crippen LogP contribution < -0.4 is 0 Å². The van der Waals surface area contributed by atoms with Crippen LogP contribution in [0.1, 0.15) is 23.2 Å². The summed E-state index contributed by atoms with van der Waals surface area (Å²) in [7, 11) is 1.81. The van der Waals surface area contributed by atoms with Crippen molar-refractivity contribution in [2.75, 3.05) is 19.8 Å². The number of carbonyl (C=O) groups excluding carboxylic acids is 1. The van der Waals surface area contributed by atoms with Gasteiger partial charge in [0.15, 0.2) is 0 Å². The predicted octanol–water partition coefficient (Wildman–Crippen LogP) is 2.73. The number of esters is 1. The topological polar surface area (TPSA) is 53.4 Å². The second-order valence-electron chi connectivity index (χ2n) is 5.20. The van der Waals surface area contributed by atoms with Crippen LogP contribution in [0.4, 0.5) is 0 Å². The Morgan fingerprint density at radius 1 is 1.52 bits per heavy atom. The normalized spacial score (nSPS) is 16.0. The molecule has 3 rings (SSSR count). The van der Waals surface area contributed by atoms with Gasteiger partial charge in [-0.25, -0.2) is 4.79 Å². The van der Waals surface area contributed by atoms with E-state index in [4.69, 9.17) is 9.47 Å². The maximum Gasteiger partial charge on any atom is 0.342 e. The Labute approximate surface area is 127 Å². The van der Waals surface area contributed by atoms with Crippen LogP contribution >= 0.6 is 11.3 Å². The number of nitrogens with zero attached hydrogens (tertiary/aromatic N) is 2. The molecule has 21 heavy (non-hydrogen) atoms. The van der Waals surface area contributed by atoms with Crippen LogP contribution in [0.25, 0.3) is 10.6 Å². The summed E-state index contributed by atoms with van der Waals surface area (Å²) in [6.07, 6.45) is 3.64. The maximum absolute atomic E-state index is 12.3. The number of rotatable bonds is 4. The Balaban J connectivity index is 1.69. The van der Waals surface area contributed by atoms with Crippen molar-refractivity contribution in [2.45, 2.75) is 12.8 Å². The fraction of sp³-hybridized carbons (Fsp3) is 0.467. The van der Waals surface area contributed by atoms with Crippen LogP contribution in [0.2, 0.25) is 0 Å². The minimum atomic E-state index is -0.294. The molecule has 1 fully saturated rings. The van der Waals surface area contributed by atoms with Gasteiger partial charge in [-0.2, -0.15) is 5.10 Å². The Morgan fingerprint density at radius 3 is 3.05 bits per heavy atom. The molecule has 0 unspecified atom stereocenters. The summed E-state index contributed by atoms with van der Waals surface area (Å²) in [6.45, 7) is 1.98. The van der Waals surface area contributed by atoms with Gasteiger partial charge in [0, 0.05) is 26.5 Å². The van der Waals surface area contributed by atoms with Gasteiger partial charge in [0.25, 0.3) is 0 Å². The first-order chi connectivity index (χ1) is 10.2. The number of aromatic nitrogens is 2. The lowest BCUT2D eigenvalue weighted by molar-refractivity contribution is 0.0186. The summed E-state index contributed by atoms with van der Waals surface area (Å²) < 4.78 is 12.4. The Hall–Kier alpha value is -1.66. The van der Waals surface area contributed by atoms with E-state index in [1.165, 1.54) is 0 Å². The molecule has 0 atom stereocenters. The standard InChI is InChI=1S/C15H18N2O3S/c1-17-9-12(14(16-17)13-3-2-8-21-13)15(18)20-10-11-4-6-19-7-5-11/h2-3,8-9,11H,4-7,10H2,1H3. The van der Waals surface area contributed by atoms with E-state index < -0.39 is 0 Å². The SMILES string of the molecule is Cn1cc(C(=O)OCC2CCOCC2)c(-c2cccs2)n1. The Kier molecular flexibility index (Phi) is 4.36. The first-order valence-corrected chi connectivity index (χ1v) is 7.94. The van der Waals surface area contributed by atoms with Gasteiger partial charge in [-0.1, -0.05) is 6.07 Å². The van der Waals surface area contributed by atoms with Gasteiger partial charge in [-0.15, -0.1) is 11.3 Å². The second kappa shape index (κ2) is 6.41. The van der Waals surface area contributed by atoms with Gasteiger partial charge in [-0.05, 0) is 30.2 Å². The second-order valence-corrected chi connectivity index (χ2v) is 6.14. The average Bonchev–Trinajstić information content (AvgIpc) is 3.14. The van der Waals surface area contributed by atoms with E-state index in [9.17, 15) is 4.79 Å². The minimum Gasteiger partial charge on any atom is -0.462 e. The van der Waals surface area contributed by atoms with Crippen LogP contribution in [-0.2, 0) is 16.5 Å². The van der Waals surface area contributed by atoms with Crippen molar-refractivity contribution < 1.29 is 14.3 Å². The molecule has 0 aliphatic carbocycles. The summed E-state index contributed by atoms with van der Waals surface area (Å²) in [5.74, 6) is 0.113. The summed E-state index contributed by atoms with van der Waals surface area (Å²) in [4.78, 5) is 13.3. The number of hydrogen-bond acceptors (Lipinski definition) is 5. The van der Waals surface area contributed by atoms with Crippen molar-refractivity contribution in [1.82, 2.24) is 9.78 Å². The zero-order chi connectivity index (χ0) is 14.7. The molecule has 112 valence electrons. The third-order valence-electron chi connectivity index (χ3n) is 3.59. The van der Waals surface area contributed by atoms with E-state index in [2.05, 4.69) is 5.10 Å². The molecule has 2 aromatic heterocycles. The van der Waals surface area contributed by atoms with Gasteiger partial charge >= 0.3 is 5.97 Å². The van der Waals surface area contributed by atoms with Crippen LogP contribution in [0, 0.1) is 5.92 Å². The fourth-order valence-electron chi connectivity index (χ4n) is 2.42. The highest BCUT2D eigenvalue weighted by Crippen LogP contribution is 2.27. The van der Waals surface area contributed by atoms with Crippen LogP contribution in [0.15, 0.2) is 23.7 Å². The molecule has 0 amide bonds. The molecule has 3 heterocycles. The lowest BCUT2D eigenvalue weighted by Gasteiger charge is -2.21. The van der Waals surface area contributed by atoms with Gasteiger partial charge in [0.1, 0.15) is 11.3 Å². The molecule has 5 nitrogen and oxygen atoms in total. The third kappa shape index (κ3) is 3.33. The van der Waals surface area contributed by atoms with E-state index in [1.54, 1.807) is 22.2 Å². The molecular weight excluding hydrogens is 288 g/mol. The molecule has 1 aliphatic rings. The summed E-state index contributed by atoms with van der Waals surface area (Å²) in [5.41, 5.74) is 1.23. The smallest absolute Gasteiger partial charge is 0.342 e. The zero-order valence-corrected chi connectivity index (χ0v) is 12.8. The van der Waals surface area contributed by atoms with Gasteiger partial charge < -0.3 is 9.47 Å². The summed E-state index contributed by atoms with van der Waals surface area (Å²) in [6, 6.07) is 3.91. The van der Waals surface area contributed by atoms with Gasteiger partial charge in [0.2, 0.25) is 0 Å². The molecule has 6 heteroatoms. The highest BCUT2D eigenvalue weighted by Gasteiger charge is 2.21. The van der Waals surface area contributed by atoms with Gasteiger partial charge in [0.05, 0.1) is 11.5 Å². The Bertz CT molecular complexity index is 600. The van der Waals surface area contributed by atoms with Gasteiger partial charge in [-0.3, -0.25) is 4.68 Å². The quantitative estimate of drug-likeness (QED) is 0.815. The monoisotopic (exact) mass is 306 g/mol. The number of carbonyl (C=O) groups is 1. The average molecular weight is 306 g/mol. The van der Waals surface area contributed by atoms with E-state index in [1.807, 2.05) is 24.6 Å². The molecule has 0 N–H and O–H groups in total. The highest BCUT2D eigenvalue weighted by atomic mass is 32.1. The van der Waals surface area contributed by atoms with E-state index in [0.717, 1.165) is 30.9 Å². The molecule has 0 radical (unpaired) electrons. The molecule has 1 aliphatic heterocycles. The molecule has 0 spiro atoms. The minimum absolute atomic E-state index is 0.294. The number of thiophene rings is 1. The molecule has 0 bridgehead atoms. The first kappa shape index (κ1) is 14.3. The predicted molar refractivity (Wildman–Crippen MR) is 80.3 cm³/mol. The van der Waals surface area contributed by atoms with Crippen molar-refractivity contribution >= 4 is 17.3 Å². The number of aryl methyl sites for hydroxylation is 1. The lowest BCUT2D eigenvalue weighted by Crippen LogP contribution is -2.22. The van der Waals surface area contributed by atoms with E-state index in [0.29, 0.717) is 23.8 Å². The Morgan fingerprint density at radius 2 is 2.33 bits per heavy atom. The van der Waals surface area contributed by atoms with Crippen LogP contribution in [0.3, 0.4) is 0 Å². The molecule has 0 aromatic carbocycles. The van der Waals surface area contributed by atoms with Crippen LogP contribution in [-0.4, -0.2) is 35.6 Å². The molecule has 1 saturated heterocycles. The maximum atomic E-state index is 12.3. The van der Waals surface area contributed by atoms with Crippen molar-refractivity contribution in [3.05, 3.63) is 29.3 Å². The van der Waals surface area contributed by atoms with Crippen molar-refractivity contribution in [3.63, 3.8) is 0 Å². The highest BCUT2D eigenvalue weighted by molar-refractivity contribution is 7.13. The molecule has 0 saturated carbocycles. The largest absolute Gasteiger partial charge is 0.462 e. The summed E-state index contributed by atoms with van der Waals surface area (Å²) >= 11 is 1.57. The first-order valence-electron chi connectivity index (χ1n) is 7.06. The van der Waals surface area contributed by atoms with Crippen molar-refractivity contribution in [3.8, 4) is 10.6 Å². The van der Waals surface area contributed by atoms with E-state index in [-0.39, 0.29) is 5.97 Å².